The minimum absolute atomic E-state index is 0.199. The minimum Gasteiger partial charge on any atom is -0.354 e. The average Bonchev–Trinajstić information content (AvgIpc) is 2.67. The fourth-order valence-electron chi connectivity index (χ4n) is 3.22. The maximum absolute atomic E-state index is 12.7. The van der Waals surface area contributed by atoms with E-state index in [1.54, 1.807) is 0 Å². The van der Waals surface area contributed by atoms with Crippen LogP contribution in [-0.4, -0.2) is 29.2 Å². The predicted molar refractivity (Wildman–Crippen MR) is 67.3 cm³/mol. The molecule has 94 valence electrons. The van der Waals surface area contributed by atoms with Crippen LogP contribution in [0.1, 0.15) is 33.1 Å². The predicted octanol–water partition coefficient (Wildman–Crippen LogP) is 2.49. The number of ether oxygens (including phenoxy) is 1. The molecule has 0 aromatic heterocycles. The van der Waals surface area contributed by atoms with Crippen LogP contribution in [0.3, 0.4) is 0 Å². The van der Waals surface area contributed by atoms with Crippen LogP contribution in [0.25, 0.3) is 0 Å². The number of rotatable bonds is 4. The minimum atomic E-state index is -0.466. The first-order valence-electron chi connectivity index (χ1n) is 6.16. The quantitative estimate of drug-likeness (QED) is 0.701. The molecule has 0 saturated carbocycles. The Bertz CT molecular complexity index is 349. The highest BCUT2D eigenvalue weighted by Crippen LogP contribution is 2.48. The topological polar surface area (TPSA) is 29.5 Å². The van der Waals surface area contributed by atoms with E-state index in [1.165, 1.54) is 0 Å². The third kappa shape index (κ3) is 1.73. The number of nitrogens with zero attached hydrogens (tertiary/aromatic N) is 1. The van der Waals surface area contributed by atoms with Crippen molar-refractivity contribution in [1.82, 2.24) is 4.90 Å². The van der Waals surface area contributed by atoms with Gasteiger partial charge in [0.05, 0.1) is 18.1 Å². The molecule has 0 N–H and O–H groups in total. The van der Waals surface area contributed by atoms with E-state index in [2.05, 4.69) is 13.2 Å². The van der Waals surface area contributed by atoms with Crippen LogP contribution in [0.5, 0.6) is 0 Å². The van der Waals surface area contributed by atoms with Gasteiger partial charge in [-0.25, -0.2) is 0 Å². The Labute approximate surface area is 103 Å². The molecule has 0 spiro atoms. The Kier molecular flexibility index (Phi) is 2.90. The van der Waals surface area contributed by atoms with Crippen molar-refractivity contribution in [1.29, 1.82) is 0 Å². The summed E-state index contributed by atoms with van der Waals surface area (Å²) in [6.07, 6.45) is 5.99. The lowest BCUT2D eigenvalue weighted by molar-refractivity contribution is -0.149. The molecule has 17 heavy (non-hydrogen) atoms. The molecule has 2 saturated heterocycles. The van der Waals surface area contributed by atoms with Crippen LogP contribution < -0.4 is 0 Å². The van der Waals surface area contributed by atoms with Gasteiger partial charge in [-0.05, 0) is 33.1 Å². The molecule has 0 aromatic carbocycles. The third-order valence-electron chi connectivity index (χ3n) is 3.94. The fraction of sp³-hybridized carbons (Fsp3) is 0.643. The summed E-state index contributed by atoms with van der Waals surface area (Å²) in [7, 11) is 0. The van der Waals surface area contributed by atoms with E-state index < -0.39 is 5.72 Å². The zero-order chi connectivity index (χ0) is 12.7. The van der Waals surface area contributed by atoms with E-state index >= 15 is 0 Å². The first-order valence-corrected chi connectivity index (χ1v) is 6.16. The second-order valence-electron chi connectivity index (χ2n) is 5.56. The molecule has 1 atom stereocenters. The summed E-state index contributed by atoms with van der Waals surface area (Å²) in [4.78, 5) is 14.6. The molecule has 2 rings (SSSR count). The molecular formula is C14H21NO2. The monoisotopic (exact) mass is 235 g/mol. The summed E-state index contributed by atoms with van der Waals surface area (Å²) in [6, 6.07) is 0.220. The largest absolute Gasteiger partial charge is 0.354 e. The van der Waals surface area contributed by atoms with E-state index in [0.29, 0.717) is 6.61 Å². The van der Waals surface area contributed by atoms with Crippen molar-refractivity contribution in [3.8, 4) is 0 Å². The molecule has 3 nitrogen and oxygen atoms in total. The summed E-state index contributed by atoms with van der Waals surface area (Å²) in [5, 5.41) is 0. The number of fused-ring (bicyclic) bond motifs is 1. The maximum Gasteiger partial charge on any atom is 0.232 e. The van der Waals surface area contributed by atoms with Gasteiger partial charge in [0, 0.05) is 0 Å². The van der Waals surface area contributed by atoms with Gasteiger partial charge in [0.25, 0.3) is 0 Å². The van der Waals surface area contributed by atoms with Crippen LogP contribution in [0.2, 0.25) is 0 Å². The normalized spacial score (nSPS) is 29.2. The molecule has 1 amide bonds. The summed E-state index contributed by atoms with van der Waals surface area (Å²) in [6.45, 7) is 12.1. The molecule has 2 aliphatic rings. The number of carbonyl (C=O) groups excluding carboxylic acids is 1. The van der Waals surface area contributed by atoms with Gasteiger partial charge in [0.2, 0.25) is 5.91 Å². The zero-order valence-electron chi connectivity index (χ0n) is 10.7. The van der Waals surface area contributed by atoms with Crippen molar-refractivity contribution in [2.75, 3.05) is 6.61 Å². The van der Waals surface area contributed by atoms with Gasteiger partial charge in [-0.2, -0.15) is 0 Å². The van der Waals surface area contributed by atoms with Crippen molar-refractivity contribution >= 4 is 5.91 Å². The van der Waals surface area contributed by atoms with Crippen LogP contribution in [0, 0.1) is 5.41 Å². The Morgan fingerprint density at radius 2 is 2.00 bits per heavy atom. The van der Waals surface area contributed by atoms with Crippen LogP contribution >= 0.6 is 0 Å². The van der Waals surface area contributed by atoms with Gasteiger partial charge in [0.1, 0.15) is 5.72 Å². The molecule has 0 bridgehead atoms. The first-order chi connectivity index (χ1) is 7.97. The molecule has 1 unspecified atom stereocenters. The van der Waals surface area contributed by atoms with Crippen molar-refractivity contribution < 1.29 is 9.53 Å². The molecule has 3 heteroatoms. The lowest BCUT2D eigenvalue weighted by atomic mass is 9.78. The third-order valence-corrected chi connectivity index (χ3v) is 3.94. The molecule has 2 heterocycles. The Balaban J connectivity index is 2.31. The number of allylic oxidation sites excluding steroid dienone is 2. The number of hydrogen-bond donors (Lipinski definition) is 0. The zero-order valence-corrected chi connectivity index (χ0v) is 10.7. The average molecular weight is 235 g/mol. The Morgan fingerprint density at radius 3 is 2.47 bits per heavy atom. The second-order valence-corrected chi connectivity index (χ2v) is 5.56. The van der Waals surface area contributed by atoms with Gasteiger partial charge in [0.15, 0.2) is 0 Å². The van der Waals surface area contributed by atoms with Crippen molar-refractivity contribution in [3.63, 3.8) is 0 Å². The lowest BCUT2D eigenvalue weighted by Gasteiger charge is -2.32. The standard InChI is InChI=1S/C14H21NO2/c1-5-7-14(8-6-2)9-11-10-17-13(3,4)15(11)12(14)16/h5-6,11H,1-2,7-10H2,3-4H3. The number of hydrogen-bond acceptors (Lipinski definition) is 2. The highest BCUT2D eigenvalue weighted by molar-refractivity contribution is 5.86. The highest BCUT2D eigenvalue weighted by atomic mass is 16.5. The molecule has 2 aliphatic heterocycles. The second kappa shape index (κ2) is 3.98. The van der Waals surface area contributed by atoms with Gasteiger partial charge in [-0.15, -0.1) is 13.2 Å². The van der Waals surface area contributed by atoms with Crippen LogP contribution in [0.4, 0.5) is 0 Å². The summed E-state index contributed by atoms with van der Waals surface area (Å²) < 4.78 is 5.68. The lowest BCUT2D eigenvalue weighted by Crippen LogP contribution is -2.46. The Hall–Kier alpha value is -1.09. The molecule has 0 aromatic rings. The maximum atomic E-state index is 12.7. The van der Waals surface area contributed by atoms with Gasteiger partial charge in [-0.3, -0.25) is 4.79 Å². The highest BCUT2D eigenvalue weighted by Gasteiger charge is 2.57. The van der Waals surface area contributed by atoms with Gasteiger partial charge >= 0.3 is 0 Å². The van der Waals surface area contributed by atoms with E-state index in [0.717, 1.165) is 19.3 Å². The van der Waals surface area contributed by atoms with E-state index in [4.69, 9.17) is 4.74 Å². The summed E-state index contributed by atoms with van der Waals surface area (Å²) in [5.41, 5.74) is -0.791. The van der Waals surface area contributed by atoms with Gasteiger partial charge < -0.3 is 9.64 Å². The van der Waals surface area contributed by atoms with E-state index in [-0.39, 0.29) is 17.4 Å². The fourth-order valence-corrected chi connectivity index (χ4v) is 3.22. The Morgan fingerprint density at radius 1 is 1.41 bits per heavy atom. The number of carbonyl (C=O) groups is 1. The molecule has 2 fully saturated rings. The number of amides is 1. The van der Waals surface area contributed by atoms with E-state index in [1.807, 2.05) is 30.9 Å². The van der Waals surface area contributed by atoms with Crippen molar-refractivity contribution in [3.05, 3.63) is 25.3 Å². The van der Waals surface area contributed by atoms with Crippen LogP contribution in [0.15, 0.2) is 25.3 Å². The summed E-state index contributed by atoms with van der Waals surface area (Å²) >= 11 is 0. The van der Waals surface area contributed by atoms with Gasteiger partial charge in [-0.1, -0.05) is 12.2 Å². The van der Waals surface area contributed by atoms with E-state index in [9.17, 15) is 4.79 Å². The molecule has 0 radical (unpaired) electrons. The molecule has 0 aliphatic carbocycles. The smallest absolute Gasteiger partial charge is 0.232 e. The van der Waals surface area contributed by atoms with Crippen molar-refractivity contribution in [2.45, 2.75) is 44.9 Å². The molecular weight excluding hydrogens is 214 g/mol. The van der Waals surface area contributed by atoms with Crippen LogP contribution in [-0.2, 0) is 9.53 Å². The first kappa shape index (κ1) is 12.4. The SMILES string of the molecule is C=CCC1(CC=C)CC2COC(C)(C)N2C1=O. The summed E-state index contributed by atoms with van der Waals surface area (Å²) in [5.74, 6) is 0.199. The van der Waals surface area contributed by atoms with Crippen molar-refractivity contribution in [2.24, 2.45) is 5.41 Å².